The van der Waals surface area contributed by atoms with Gasteiger partial charge in [0.25, 0.3) is 0 Å². The van der Waals surface area contributed by atoms with Gasteiger partial charge in [0, 0.05) is 17.7 Å². The van der Waals surface area contributed by atoms with Crippen LogP contribution in [0.2, 0.25) is 0 Å². The van der Waals surface area contributed by atoms with E-state index in [9.17, 15) is 4.79 Å². The molecule has 0 saturated heterocycles. The zero-order valence-electron chi connectivity index (χ0n) is 14.3. The summed E-state index contributed by atoms with van der Waals surface area (Å²) in [4.78, 5) is 12.8. The lowest BCUT2D eigenvalue weighted by Gasteiger charge is -2.28. The standard InChI is InChI=1S/C21H18O4/c1-21(2)10-9-14-17(25-21)12-18-19(20(14)23-3)15(22)11-16(24-18)13-7-5-4-6-8-13/h4-12H,1-3H3. The third kappa shape index (κ3) is 2.60. The van der Waals surface area contributed by atoms with Crippen molar-refractivity contribution in [3.63, 3.8) is 0 Å². The maximum Gasteiger partial charge on any atom is 0.197 e. The number of hydrogen-bond donors (Lipinski definition) is 0. The van der Waals surface area contributed by atoms with Gasteiger partial charge in [0.1, 0.15) is 33.8 Å². The third-order valence-corrected chi connectivity index (χ3v) is 4.26. The van der Waals surface area contributed by atoms with Crippen molar-refractivity contribution in [2.45, 2.75) is 19.4 Å². The van der Waals surface area contributed by atoms with Crippen molar-refractivity contribution in [2.75, 3.05) is 7.11 Å². The van der Waals surface area contributed by atoms with E-state index in [1.54, 1.807) is 13.2 Å². The third-order valence-electron chi connectivity index (χ3n) is 4.26. The van der Waals surface area contributed by atoms with Crippen molar-refractivity contribution < 1.29 is 13.9 Å². The first-order valence-corrected chi connectivity index (χ1v) is 8.11. The van der Waals surface area contributed by atoms with E-state index in [0.29, 0.717) is 28.2 Å². The van der Waals surface area contributed by atoms with Crippen molar-refractivity contribution in [1.82, 2.24) is 0 Å². The van der Waals surface area contributed by atoms with E-state index in [-0.39, 0.29) is 5.43 Å². The van der Waals surface area contributed by atoms with Gasteiger partial charge in [0.15, 0.2) is 5.43 Å². The topological polar surface area (TPSA) is 48.7 Å². The number of fused-ring (bicyclic) bond motifs is 2. The number of rotatable bonds is 2. The maximum atomic E-state index is 12.8. The molecule has 126 valence electrons. The Morgan fingerprint density at radius 1 is 1.08 bits per heavy atom. The first kappa shape index (κ1) is 15.5. The summed E-state index contributed by atoms with van der Waals surface area (Å²) in [5, 5.41) is 0.425. The molecule has 4 heteroatoms. The first-order chi connectivity index (χ1) is 12.0. The van der Waals surface area contributed by atoms with Crippen LogP contribution in [0.4, 0.5) is 0 Å². The zero-order chi connectivity index (χ0) is 17.6. The van der Waals surface area contributed by atoms with E-state index >= 15 is 0 Å². The Kier molecular flexibility index (Phi) is 3.42. The Morgan fingerprint density at radius 2 is 1.84 bits per heavy atom. The minimum Gasteiger partial charge on any atom is -0.495 e. The Morgan fingerprint density at radius 3 is 2.56 bits per heavy atom. The van der Waals surface area contributed by atoms with Crippen LogP contribution in [-0.2, 0) is 0 Å². The van der Waals surface area contributed by atoms with Gasteiger partial charge in [-0.1, -0.05) is 30.3 Å². The second-order valence-electron chi connectivity index (χ2n) is 6.57. The van der Waals surface area contributed by atoms with Crippen molar-refractivity contribution in [3.8, 4) is 22.8 Å². The maximum absolute atomic E-state index is 12.8. The van der Waals surface area contributed by atoms with Crippen LogP contribution < -0.4 is 14.9 Å². The molecule has 0 radical (unpaired) electrons. The molecule has 1 aromatic heterocycles. The van der Waals surface area contributed by atoms with Gasteiger partial charge in [0.05, 0.1) is 12.7 Å². The van der Waals surface area contributed by atoms with Gasteiger partial charge < -0.3 is 13.9 Å². The zero-order valence-corrected chi connectivity index (χ0v) is 14.3. The lowest BCUT2D eigenvalue weighted by molar-refractivity contribution is 0.158. The van der Waals surface area contributed by atoms with E-state index in [0.717, 1.165) is 11.1 Å². The van der Waals surface area contributed by atoms with E-state index in [1.165, 1.54) is 6.07 Å². The summed E-state index contributed by atoms with van der Waals surface area (Å²) in [6.07, 6.45) is 3.88. The Hall–Kier alpha value is -3.01. The highest BCUT2D eigenvalue weighted by Crippen LogP contribution is 2.41. The fourth-order valence-electron chi connectivity index (χ4n) is 3.08. The van der Waals surface area contributed by atoms with Gasteiger partial charge in [-0.2, -0.15) is 0 Å². The number of methoxy groups -OCH3 is 1. The highest BCUT2D eigenvalue weighted by molar-refractivity contribution is 5.92. The Bertz CT molecular complexity index is 1040. The molecule has 2 aromatic carbocycles. The highest BCUT2D eigenvalue weighted by atomic mass is 16.5. The molecule has 0 spiro atoms. The van der Waals surface area contributed by atoms with Crippen LogP contribution in [0, 0.1) is 0 Å². The summed E-state index contributed by atoms with van der Waals surface area (Å²) in [6, 6.07) is 12.8. The van der Waals surface area contributed by atoms with Gasteiger partial charge in [-0.15, -0.1) is 0 Å². The SMILES string of the molecule is COc1c2c(cc3oc(-c4ccccc4)cc(=O)c13)OC(C)(C)C=C2. The predicted octanol–water partition coefficient (Wildman–Crippen LogP) is 4.65. The fourth-order valence-corrected chi connectivity index (χ4v) is 3.08. The second kappa shape index (κ2) is 5.52. The normalized spacial score (nSPS) is 14.8. The summed E-state index contributed by atoms with van der Waals surface area (Å²) in [7, 11) is 1.55. The van der Waals surface area contributed by atoms with E-state index in [4.69, 9.17) is 13.9 Å². The molecular weight excluding hydrogens is 316 g/mol. The molecule has 2 heterocycles. The minimum atomic E-state index is -0.428. The van der Waals surface area contributed by atoms with E-state index in [2.05, 4.69) is 0 Å². The van der Waals surface area contributed by atoms with Gasteiger partial charge in [0.2, 0.25) is 0 Å². The molecule has 0 atom stereocenters. The molecule has 0 saturated carbocycles. The van der Waals surface area contributed by atoms with Crippen LogP contribution >= 0.6 is 0 Å². The molecule has 3 aromatic rings. The first-order valence-electron chi connectivity index (χ1n) is 8.11. The van der Waals surface area contributed by atoms with Gasteiger partial charge in [-0.3, -0.25) is 4.79 Å². The van der Waals surface area contributed by atoms with Gasteiger partial charge >= 0.3 is 0 Å². The van der Waals surface area contributed by atoms with Crippen LogP contribution in [0.25, 0.3) is 28.4 Å². The molecular formula is C21H18O4. The number of ether oxygens (including phenoxy) is 2. The van der Waals surface area contributed by atoms with Crippen molar-refractivity contribution >= 4 is 17.0 Å². The van der Waals surface area contributed by atoms with Gasteiger partial charge in [-0.05, 0) is 26.0 Å². The Labute approximate surface area is 145 Å². The van der Waals surface area contributed by atoms with Crippen molar-refractivity contribution in [1.29, 1.82) is 0 Å². The Balaban J connectivity index is 2.02. The van der Waals surface area contributed by atoms with Crippen LogP contribution in [0.3, 0.4) is 0 Å². The lowest BCUT2D eigenvalue weighted by Crippen LogP contribution is -2.27. The van der Waals surface area contributed by atoms with Crippen molar-refractivity contribution in [2.24, 2.45) is 0 Å². The molecule has 0 unspecified atom stereocenters. The molecule has 1 aliphatic rings. The van der Waals surface area contributed by atoms with E-state index in [1.807, 2.05) is 56.3 Å². The minimum absolute atomic E-state index is 0.141. The molecule has 4 nitrogen and oxygen atoms in total. The van der Waals surface area contributed by atoms with Crippen LogP contribution in [0.1, 0.15) is 19.4 Å². The molecule has 0 amide bonds. The average molecular weight is 334 g/mol. The smallest absolute Gasteiger partial charge is 0.197 e. The summed E-state index contributed by atoms with van der Waals surface area (Å²) in [5.41, 5.74) is 1.49. The summed E-state index contributed by atoms with van der Waals surface area (Å²) < 4.78 is 17.6. The fraction of sp³-hybridized carbons (Fsp3) is 0.190. The molecule has 0 aliphatic carbocycles. The van der Waals surface area contributed by atoms with Crippen molar-refractivity contribution in [3.05, 3.63) is 64.3 Å². The van der Waals surface area contributed by atoms with Crippen LogP contribution in [-0.4, -0.2) is 12.7 Å². The summed E-state index contributed by atoms with van der Waals surface area (Å²) >= 11 is 0. The van der Waals surface area contributed by atoms with Gasteiger partial charge in [-0.25, -0.2) is 0 Å². The quantitative estimate of drug-likeness (QED) is 0.684. The molecule has 0 N–H and O–H groups in total. The van der Waals surface area contributed by atoms with E-state index < -0.39 is 5.60 Å². The predicted molar refractivity (Wildman–Crippen MR) is 98.2 cm³/mol. The second-order valence-corrected chi connectivity index (χ2v) is 6.57. The van der Waals surface area contributed by atoms with Crippen LogP contribution in [0.15, 0.2) is 57.8 Å². The number of benzene rings is 2. The molecule has 0 fully saturated rings. The largest absolute Gasteiger partial charge is 0.495 e. The number of hydrogen-bond acceptors (Lipinski definition) is 4. The average Bonchev–Trinajstić information content (AvgIpc) is 2.59. The molecule has 4 rings (SSSR count). The van der Waals surface area contributed by atoms with Crippen LogP contribution in [0.5, 0.6) is 11.5 Å². The monoisotopic (exact) mass is 334 g/mol. The molecule has 1 aliphatic heterocycles. The lowest BCUT2D eigenvalue weighted by atomic mass is 9.99. The molecule has 0 bridgehead atoms. The molecule has 25 heavy (non-hydrogen) atoms. The summed E-state index contributed by atoms with van der Waals surface area (Å²) in [5.74, 6) is 1.64. The highest BCUT2D eigenvalue weighted by Gasteiger charge is 2.26. The summed E-state index contributed by atoms with van der Waals surface area (Å²) in [6.45, 7) is 3.94.